The molecule has 0 unspecified atom stereocenters. The molecule has 0 atom stereocenters. The van der Waals surface area contributed by atoms with E-state index in [1.807, 2.05) is 6.07 Å². The number of hydrogen-bond acceptors (Lipinski definition) is 3. The van der Waals surface area contributed by atoms with Crippen molar-refractivity contribution in [1.82, 2.24) is 4.98 Å². The van der Waals surface area contributed by atoms with E-state index in [0.29, 0.717) is 11.4 Å². The number of carbonyl (C=O) groups excluding carboxylic acids is 1. The third kappa shape index (κ3) is 2.42. The zero-order valence-corrected chi connectivity index (χ0v) is 6.82. The maximum Gasteiger partial charge on any atom is 0.247 e. The SMILES string of the molecule is C=CC(=O)Nc1ccc(C#N)nc1. The molecule has 0 fully saturated rings. The van der Waals surface area contributed by atoms with Gasteiger partial charge in [-0.3, -0.25) is 4.79 Å². The van der Waals surface area contributed by atoms with Crippen LogP contribution >= 0.6 is 0 Å². The highest BCUT2D eigenvalue weighted by Crippen LogP contribution is 2.04. The molecule has 0 aliphatic heterocycles. The van der Waals surface area contributed by atoms with E-state index < -0.39 is 0 Å². The molecule has 0 radical (unpaired) electrons. The molecule has 4 nitrogen and oxygen atoms in total. The summed E-state index contributed by atoms with van der Waals surface area (Å²) < 4.78 is 0. The van der Waals surface area contributed by atoms with Gasteiger partial charge in [0.1, 0.15) is 11.8 Å². The van der Waals surface area contributed by atoms with E-state index in [0.717, 1.165) is 6.08 Å². The van der Waals surface area contributed by atoms with Gasteiger partial charge in [0.25, 0.3) is 0 Å². The van der Waals surface area contributed by atoms with Gasteiger partial charge in [-0.15, -0.1) is 0 Å². The van der Waals surface area contributed by atoms with Crippen LogP contribution in [0.2, 0.25) is 0 Å². The maximum atomic E-state index is 10.8. The molecule has 1 rings (SSSR count). The van der Waals surface area contributed by atoms with E-state index in [2.05, 4.69) is 16.9 Å². The van der Waals surface area contributed by atoms with Gasteiger partial charge in [-0.25, -0.2) is 4.98 Å². The van der Waals surface area contributed by atoms with Crippen molar-refractivity contribution in [3.63, 3.8) is 0 Å². The largest absolute Gasteiger partial charge is 0.321 e. The highest BCUT2D eigenvalue weighted by atomic mass is 16.1. The fourth-order valence-electron chi connectivity index (χ4n) is 0.727. The Balaban J connectivity index is 2.76. The molecule has 0 aliphatic rings. The lowest BCUT2D eigenvalue weighted by Crippen LogP contribution is -2.07. The maximum absolute atomic E-state index is 10.8. The molecule has 0 aromatic carbocycles. The average Bonchev–Trinajstić information content (AvgIpc) is 2.19. The minimum atomic E-state index is -0.300. The quantitative estimate of drug-likeness (QED) is 0.680. The Morgan fingerprint density at radius 2 is 2.46 bits per heavy atom. The Hall–Kier alpha value is -2.15. The van der Waals surface area contributed by atoms with E-state index in [1.165, 1.54) is 12.3 Å². The van der Waals surface area contributed by atoms with Crippen molar-refractivity contribution in [2.45, 2.75) is 0 Å². The predicted octanol–water partition coefficient (Wildman–Crippen LogP) is 1.08. The van der Waals surface area contributed by atoms with Crippen LogP contribution in [0.5, 0.6) is 0 Å². The number of amides is 1. The number of hydrogen-bond donors (Lipinski definition) is 1. The molecule has 1 aromatic heterocycles. The molecular weight excluding hydrogens is 166 g/mol. The standard InChI is InChI=1S/C9H7N3O/c1-2-9(13)12-8-4-3-7(5-10)11-6-8/h2-4,6H,1H2,(H,12,13). The minimum absolute atomic E-state index is 0.300. The van der Waals surface area contributed by atoms with Crippen molar-refractivity contribution in [3.8, 4) is 6.07 Å². The van der Waals surface area contributed by atoms with Crippen LogP contribution in [0.25, 0.3) is 0 Å². The summed E-state index contributed by atoms with van der Waals surface area (Å²) in [7, 11) is 0. The van der Waals surface area contributed by atoms with Crippen LogP contribution in [0.15, 0.2) is 31.0 Å². The predicted molar refractivity (Wildman–Crippen MR) is 47.8 cm³/mol. The first-order valence-electron chi connectivity index (χ1n) is 3.56. The van der Waals surface area contributed by atoms with Crippen molar-refractivity contribution in [2.75, 3.05) is 5.32 Å². The van der Waals surface area contributed by atoms with E-state index in [4.69, 9.17) is 5.26 Å². The third-order valence-electron chi connectivity index (χ3n) is 1.33. The Morgan fingerprint density at radius 1 is 1.69 bits per heavy atom. The number of anilines is 1. The number of nitrogens with one attached hydrogen (secondary N) is 1. The molecule has 13 heavy (non-hydrogen) atoms. The summed E-state index contributed by atoms with van der Waals surface area (Å²) in [5, 5.41) is 11.0. The zero-order chi connectivity index (χ0) is 9.68. The van der Waals surface area contributed by atoms with Gasteiger partial charge in [0.2, 0.25) is 5.91 Å². The second-order valence-corrected chi connectivity index (χ2v) is 2.24. The van der Waals surface area contributed by atoms with Crippen molar-refractivity contribution in [1.29, 1.82) is 5.26 Å². The highest BCUT2D eigenvalue weighted by molar-refractivity contribution is 5.98. The van der Waals surface area contributed by atoms with Crippen LogP contribution in [0.3, 0.4) is 0 Å². The summed E-state index contributed by atoms with van der Waals surface area (Å²) in [5.74, 6) is -0.300. The fraction of sp³-hybridized carbons (Fsp3) is 0. The van der Waals surface area contributed by atoms with Crippen LogP contribution in [-0.2, 0) is 4.79 Å². The summed E-state index contributed by atoms with van der Waals surface area (Å²) in [4.78, 5) is 14.6. The van der Waals surface area contributed by atoms with Gasteiger partial charge in [-0.1, -0.05) is 6.58 Å². The minimum Gasteiger partial charge on any atom is -0.321 e. The first kappa shape index (κ1) is 8.94. The second-order valence-electron chi connectivity index (χ2n) is 2.24. The molecule has 0 bridgehead atoms. The van der Waals surface area contributed by atoms with Gasteiger partial charge in [0, 0.05) is 0 Å². The molecule has 64 valence electrons. The molecule has 4 heteroatoms. The van der Waals surface area contributed by atoms with E-state index >= 15 is 0 Å². The molecule has 0 aliphatic carbocycles. The summed E-state index contributed by atoms with van der Waals surface area (Å²) in [6.45, 7) is 3.31. The number of rotatable bonds is 2. The number of nitrogens with zero attached hydrogens (tertiary/aromatic N) is 2. The first-order chi connectivity index (χ1) is 6.26. The number of aromatic nitrogens is 1. The normalized spacial score (nSPS) is 8.54. The monoisotopic (exact) mass is 173 g/mol. The molecule has 0 spiro atoms. The smallest absolute Gasteiger partial charge is 0.247 e. The lowest BCUT2D eigenvalue weighted by Gasteiger charge is -1.99. The number of carbonyl (C=O) groups is 1. The lowest BCUT2D eigenvalue weighted by atomic mass is 10.3. The van der Waals surface area contributed by atoms with Gasteiger partial charge in [0.05, 0.1) is 11.9 Å². The zero-order valence-electron chi connectivity index (χ0n) is 6.82. The van der Waals surface area contributed by atoms with Gasteiger partial charge in [-0.2, -0.15) is 5.26 Å². The van der Waals surface area contributed by atoms with Gasteiger partial charge in [0.15, 0.2) is 0 Å². The van der Waals surface area contributed by atoms with Crippen LogP contribution < -0.4 is 5.32 Å². The molecular formula is C9H7N3O. The third-order valence-corrected chi connectivity index (χ3v) is 1.33. The Morgan fingerprint density at radius 3 is 2.92 bits per heavy atom. The Bertz CT molecular complexity index is 361. The first-order valence-corrected chi connectivity index (χ1v) is 3.56. The number of nitriles is 1. The summed E-state index contributed by atoms with van der Waals surface area (Å²) >= 11 is 0. The lowest BCUT2D eigenvalue weighted by molar-refractivity contribution is -0.111. The molecule has 1 heterocycles. The van der Waals surface area contributed by atoms with Crippen LogP contribution in [0, 0.1) is 11.3 Å². The van der Waals surface area contributed by atoms with Gasteiger partial charge in [-0.05, 0) is 18.2 Å². The molecule has 1 aromatic rings. The number of pyridine rings is 1. The van der Waals surface area contributed by atoms with Crippen molar-refractivity contribution < 1.29 is 4.79 Å². The molecule has 1 amide bonds. The van der Waals surface area contributed by atoms with E-state index in [-0.39, 0.29) is 5.91 Å². The Kier molecular flexibility index (Phi) is 2.77. The molecule has 0 saturated heterocycles. The summed E-state index contributed by atoms with van der Waals surface area (Å²) in [6.07, 6.45) is 2.58. The summed E-state index contributed by atoms with van der Waals surface area (Å²) in [5.41, 5.74) is 0.862. The Labute approximate surface area is 75.5 Å². The van der Waals surface area contributed by atoms with Crippen molar-refractivity contribution in [2.24, 2.45) is 0 Å². The van der Waals surface area contributed by atoms with Crippen LogP contribution in [-0.4, -0.2) is 10.9 Å². The van der Waals surface area contributed by atoms with Crippen LogP contribution in [0.1, 0.15) is 5.69 Å². The van der Waals surface area contributed by atoms with E-state index in [1.54, 1.807) is 6.07 Å². The van der Waals surface area contributed by atoms with Crippen molar-refractivity contribution >= 4 is 11.6 Å². The van der Waals surface area contributed by atoms with E-state index in [9.17, 15) is 4.79 Å². The highest BCUT2D eigenvalue weighted by Gasteiger charge is 1.96. The molecule has 1 N–H and O–H groups in total. The summed E-state index contributed by atoms with van der Waals surface area (Å²) in [6, 6.07) is 5.01. The van der Waals surface area contributed by atoms with Gasteiger partial charge >= 0.3 is 0 Å². The fourth-order valence-corrected chi connectivity index (χ4v) is 0.727. The van der Waals surface area contributed by atoms with Crippen LogP contribution in [0.4, 0.5) is 5.69 Å². The topological polar surface area (TPSA) is 65.8 Å². The second kappa shape index (κ2) is 4.02. The van der Waals surface area contributed by atoms with Crippen molar-refractivity contribution in [3.05, 3.63) is 36.7 Å². The van der Waals surface area contributed by atoms with Gasteiger partial charge < -0.3 is 5.32 Å². The average molecular weight is 173 g/mol. The molecule has 0 saturated carbocycles.